The van der Waals surface area contributed by atoms with Crippen molar-refractivity contribution in [2.45, 2.75) is 50.4 Å². The van der Waals surface area contributed by atoms with Crippen LogP contribution in [0, 0.1) is 0 Å². The molecule has 0 spiro atoms. The number of nitrogens with zero attached hydrogens (tertiary/aromatic N) is 12. The Kier molecular flexibility index (Phi) is 18.9. The van der Waals surface area contributed by atoms with Crippen molar-refractivity contribution >= 4 is 173 Å². The average molecular weight is 1760 g/mol. The van der Waals surface area contributed by atoms with Crippen LogP contribution in [0.4, 0.5) is 40.1 Å². The van der Waals surface area contributed by atoms with Gasteiger partial charge in [-0.2, -0.15) is 0 Å². The van der Waals surface area contributed by atoms with Gasteiger partial charge in [-0.15, -0.1) is 0 Å². The molecular weight excluding hydrogens is 1670 g/mol. The number of rotatable bonds is 18. The quantitative estimate of drug-likeness (QED) is 0.0917. The first-order chi connectivity index (χ1) is 68.0. The van der Waals surface area contributed by atoms with Crippen LogP contribution in [0.2, 0.25) is 0 Å². The van der Waals surface area contributed by atoms with Crippen LogP contribution >= 0.6 is 0 Å². The molecule has 4 aliphatic carbocycles. The van der Waals surface area contributed by atoms with Crippen molar-refractivity contribution in [1.82, 2.24) is 42.7 Å². The summed E-state index contributed by atoms with van der Waals surface area (Å²) in [4.78, 5) is 21.9. The zero-order chi connectivity index (χ0) is 90.1. The first-order valence-corrected chi connectivity index (χ1v) is 47.6. The van der Waals surface area contributed by atoms with E-state index in [4.69, 9.17) is 9.97 Å². The fourth-order valence-electron chi connectivity index (χ4n) is 22.7. The third-order valence-corrected chi connectivity index (χ3v) is 28.4. The summed E-state index contributed by atoms with van der Waals surface area (Å²) in [6.07, 6.45) is 38.6. The number of pyridine rings is 2. The topological polar surface area (TPSA) is 80.3 Å². The molecule has 9 heterocycles. The lowest BCUT2D eigenvalue weighted by atomic mass is 9.96. The van der Waals surface area contributed by atoms with E-state index in [2.05, 4.69) is 520 Å². The summed E-state index contributed by atoms with van der Waals surface area (Å²) in [6.45, 7) is 0. The lowest BCUT2D eigenvalue weighted by molar-refractivity contribution is 0.609. The van der Waals surface area contributed by atoms with Crippen LogP contribution in [0.3, 0.4) is 0 Å². The predicted molar refractivity (Wildman–Crippen MR) is 571 cm³/mol. The lowest BCUT2D eigenvalue weighted by Crippen LogP contribution is -2.44. The molecule has 0 amide bonds. The largest absolute Gasteiger partial charge is 0.358 e. The van der Waals surface area contributed by atoms with Gasteiger partial charge in [0.25, 0.3) is 0 Å². The van der Waals surface area contributed by atoms with Crippen molar-refractivity contribution in [3.8, 4) is 28.7 Å². The molecule has 0 saturated heterocycles. The Hall–Kier alpha value is -17.7. The fraction of sp³-hybridized carbons (Fsp3) is 0.0645. The highest BCUT2D eigenvalue weighted by Gasteiger charge is 2.35. The number of dihydropyridines is 1. The molecule has 3 atom stereocenters. The molecule has 0 fully saturated rings. The van der Waals surface area contributed by atoms with Crippen molar-refractivity contribution in [2.75, 3.05) is 19.6 Å². The molecule has 0 saturated carbocycles. The Labute approximate surface area is 792 Å². The summed E-state index contributed by atoms with van der Waals surface area (Å²) >= 11 is 0. The normalized spacial score (nSPS) is 15.7. The van der Waals surface area contributed by atoms with Crippen molar-refractivity contribution in [3.05, 3.63) is 483 Å². The summed E-state index contributed by atoms with van der Waals surface area (Å²) in [5.41, 5.74) is 26.2. The van der Waals surface area contributed by atoms with E-state index in [1.54, 1.807) is 0 Å². The Morgan fingerprint density at radius 2 is 0.657 bits per heavy atom. The Balaban J connectivity index is 0.672. The number of allylic oxidation sites excluding steroid dienone is 7. The monoisotopic (exact) mass is 1760 g/mol. The zero-order valence-corrected chi connectivity index (χ0v) is 75.1. The summed E-state index contributed by atoms with van der Waals surface area (Å²) in [5.74, 6) is 4.21. The summed E-state index contributed by atoms with van der Waals surface area (Å²) in [6, 6.07) is 137. The fourth-order valence-corrected chi connectivity index (χ4v) is 22.7. The first-order valence-electron chi connectivity index (χ1n) is 47.6. The van der Waals surface area contributed by atoms with Crippen molar-refractivity contribution in [1.29, 1.82) is 0 Å². The maximum atomic E-state index is 5.95. The highest BCUT2D eigenvalue weighted by Crippen LogP contribution is 2.47. The van der Waals surface area contributed by atoms with Gasteiger partial charge in [-0.3, -0.25) is 23.5 Å². The van der Waals surface area contributed by atoms with Gasteiger partial charge in [-0.05, 0) is 232 Å². The molecule has 14 aromatic carbocycles. The van der Waals surface area contributed by atoms with Crippen LogP contribution in [0.25, 0.3) is 162 Å². The summed E-state index contributed by atoms with van der Waals surface area (Å²) in [7, 11) is 0. The molecule has 3 unspecified atom stereocenters. The van der Waals surface area contributed by atoms with Crippen LogP contribution in [-0.2, 0) is 6.42 Å². The van der Waals surface area contributed by atoms with E-state index >= 15 is 0 Å². The van der Waals surface area contributed by atoms with Crippen molar-refractivity contribution < 1.29 is 0 Å². The molecule has 1 N–H and O–H groups in total. The average Bonchev–Trinajstić information content (AvgIpc) is 1.62. The Morgan fingerprint density at radius 1 is 0.292 bits per heavy atom. The molecule has 137 heavy (non-hydrogen) atoms. The number of para-hydroxylation sites is 10. The van der Waals surface area contributed by atoms with Crippen molar-refractivity contribution in [3.63, 3.8) is 0 Å². The van der Waals surface area contributed by atoms with Crippen LogP contribution < -0.4 is 24.9 Å². The second-order valence-electron chi connectivity index (χ2n) is 36.2. The minimum atomic E-state index is -0.413. The molecule has 13 heteroatoms. The molecule has 0 radical (unpaired) electrons. The summed E-state index contributed by atoms with van der Waals surface area (Å²) < 4.78 is 14.5. The standard InChI is InChI=1S/C124H91N13/c1-2-47-101-102-54-10-21-66-114(102)135(113(101)59-3-1)122-74-32-71-119(125-122)129(89-41-29-44-92(80-89)132-107-60-15-4-48-95(107)96-49-5-16-61-108(96)132)86-38-26-35-83(77-86)128(84-36-27-39-87(78-84)130(90-42-30-45-93(81-90)133-109-62-17-6-50-97(109)98-51-7-18-63-110(98)133)120-72-33-75-123(126-120)136-115-67-22-11-55-103(115)104-56-12-23-68-116(104)136)85-37-28-40-88(79-85)131(91-43-31-46-94(82-91)134-111-64-19-8-52-99(111)100-53-9-20-65-112(100)134)121-73-34-76-124(127-121)137-117-69-24-13-57-105(117)106-58-14-25-70-118(106)137/h2-24,26-34,36,38-69,71-83,85,120,126H,1,25,35,37,70H2. The van der Waals surface area contributed by atoms with Gasteiger partial charge in [0.05, 0.1) is 72.9 Å². The first kappa shape index (κ1) is 79.1. The van der Waals surface area contributed by atoms with Gasteiger partial charge < -0.3 is 28.8 Å². The van der Waals surface area contributed by atoms with E-state index in [1.807, 2.05) is 0 Å². The second kappa shape index (κ2) is 32.7. The van der Waals surface area contributed by atoms with E-state index in [1.165, 1.54) is 70.7 Å². The molecule has 22 aromatic rings. The minimum Gasteiger partial charge on any atom is -0.358 e. The Bertz CT molecular complexity index is 8810. The van der Waals surface area contributed by atoms with Gasteiger partial charge in [-0.1, -0.05) is 267 Å². The van der Waals surface area contributed by atoms with Crippen LogP contribution in [0.15, 0.2) is 460 Å². The third kappa shape index (κ3) is 13.1. The number of hydrogen-bond acceptors (Lipinski definition) is 7. The van der Waals surface area contributed by atoms with Gasteiger partial charge in [0.1, 0.15) is 35.3 Å². The molecule has 652 valence electrons. The highest BCUT2D eigenvalue weighted by atomic mass is 15.3. The van der Waals surface area contributed by atoms with E-state index in [0.29, 0.717) is 12.8 Å². The smallest absolute Gasteiger partial charge is 0.140 e. The SMILES string of the molecule is C1=CC(N(c2cccc(N(C3C=C(N(c4cccc(-n5c6ccccc6c6ccccc65)c4)c4cccc(-n5c6c(c7ccccc75)C=CCC=C6)n4)C=CC3)C3C=C(N(c4cccc(-n5c6ccccc6c6ccccc65)c4)c4cccc(-n5c6c(c7ccccc75)C=CCC6)n4)C=CC3)c2)c2cccc(-n3c4ccccc4c4ccccc43)c2)NC(n2c3ccccc3c3ccccc32)=C1. The maximum Gasteiger partial charge on any atom is 0.140 e. The predicted octanol–water partition coefficient (Wildman–Crippen LogP) is 30.2. The van der Waals surface area contributed by atoms with Gasteiger partial charge in [-0.25, -0.2) is 9.97 Å². The third-order valence-electron chi connectivity index (χ3n) is 28.4. The van der Waals surface area contributed by atoms with E-state index < -0.39 is 6.17 Å². The Morgan fingerprint density at radius 3 is 1.13 bits per heavy atom. The molecule has 8 aromatic heterocycles. The van der Waals surface area contributed by atoms with E-state index in [9.17, 15) is 0 Å². The molecule has 5 aliphatic rings. The number of fused-ring (bicyclic) bond motifs is 18. The molecule has 27 rings (SSSR count). The van der Waals surface area contributed by atoms with Crippen LogP contribution in [-0.4, -0.2) is 55.6 Å². The molecule has 0 bridgehead atoms. The summed E-state index contributed by atoms with van der Waals surface area (Å²) in [5, 5.41) is 16.2. The molecular formula is C124H91N13. The number of anilines is 7. The number of hydrogen-bond donors (Lipinski definition) is 1. The number of benzene rings is 14. The van der Waals surface area contributed by atoms with E-state index in [0.717, 1.165) is 166 Å². The van der Waals surface area contributed by atoms with Gasteiger partial charge in [0, 0.05) is 128 Å². The second-order valence-corrected chi connectivity index (χ2v) is 36.2. The van der Waals surface area contributed by atoms with Gasteiger partial charge in [0.2, 0.25) is 0 Å². The van der Waals surface area contributed by atoms with Gasteiger partial charge in [0.15, 0.2) is 0 Å². The number of aromatic nitrogens is 8. The van der Waals surface area contributed by atoms with Crippen LogP contribution in [0.1, 0.15) is 48.2 Å². The minimum absolute atomic E-state index is 0.282. The lowest BCUT2D eigenvalue weighted by Gasteiger charge is -2.42. The van der Waals surface area contributed by atoms with Crippen molar-refractivity contribution in [2.24, 2.45) is 0 Å². The maximum absolute atomic E-state index is 5.95. The van der Waals surface area contributed by atoms with Crippen LogP contribution in [0.5, 0.6) is 0 Å². The number of nitrogens with one attached hydrogen (secondary N) is 1. The zero-order valence-electron chi connectivity index (χ0n) is 75.1. The molecule has 1 aliphatic heterocycles. The highest BCUT2D eigenvalue weighted by molar-refractivity contribution is 6.13. The van der Waals surface area contributed by atoms with Gasteiger partial charge >= 0.3 is 0 Å². The molecule has 13 nitrogen and oxygen atoms in total. The van der Waals surface area contributed by atoms with E-state index in [-0.39, 0.29) is 12.1 Å².